The van der Waals surface area contributed by atoms with Crippen molar-refractivity contribution in [3.8, 4) is 11.9 Å². The van der Waals surface area contributed by atoms with E-state index in [-0.39, 0.29) is 27.8 Å². The fourth-order valence-corrected chi connectivity index (χ4v) is 2.39. The number of nitrogens with one attached hydrogen (secondary N) is 2. The van der Waals surface area contributed by atoms with Gasteiger partial charge in [0.05, 0.1) is 22.4 Å². The lowest BCUT2D eigenvalue weighted by Gasteiger charge is -2.04. The predicted molar refractivity (Wildman–Crippen MR) is 83.7 cm³/mol. The van der Waals surface area contributed by atoms with Crippen LogP contribution in [-0.4, -0.2) is 28.1 Å². The second kappa shape index (κ2) is 5.48. The fraction of sp³-hybridized carbons (Fsp3) is 0.0625. The lowest BCUT2D eigenvalue weighted by atomic mass is 10.1. The molecule has 0 spiro atoms. The number of benzene rings is 1. The Hall–Kier alpha value is -3.73. The van der Waals surface area contributed by atoms with Crippen molar-refractivity contribution in [2.75, 3.05) is 0 Å². The van der Waals surface area contributed by atoms with Crippen molar-refractivity contribution in [3.63, 3.8) is 0 Å². The molecule has 1 aromatic heterocycles. The van der Waals surface area contributed by atoms with Crippen LogP contribution in [0.25, 0.3) is 0 Å². The number of hydrogen-bond acceptors (Lipinski definition) is 6. The molecule has 2 heterocycles. The summed E-state index contributed by atoms with van der Waals surface area (Å²) in [6.07, 6.45) is 1.28. The third kappa shape index (κ3) is 2.34. The molecule has 8 heteroatoms. The minimum absolute atomic E-state index is 0.117. The summed E-state index contributed by atoms with van der Waals surface area (Å²) in [5.41, 5.74) is 0.542. The van der Waals surface area contributed by atoms with Crippen LogP contribution in [0.1, 0.15) is 37.4 Å². The third-order valence-corrected chi connectivity index (χ3v) is 3.67. The second-order valence-corrected chi connectivity index (χ2v) is 5.10. The highest BCUT2D eigenvalue weighted by Crippen LogP contribution is 2.23. The van der Waals surface area contributed by atoms with Gasteiger partial charge >= 0.3 is 0 Å². The zero-order valence-electron chi connectivity index (χ0n) is 12.4. The molecule has 2 amide bonds. The molecule has 0 saturated carbocycles. The molecule has 1 aliphatic heterocycles. The van der Waals surface area contributed by atoms with Crippen LogP contribution in [0, 0.1) is 18.3 Å². The average Bonchev–Trinajstić information content (AvgIpc) is 2.81. The molecule has 1 aromatic carbocycles. The molecule has 3 rings (SSSR count). The Morgan fingerprint density at radius 1 is 1.21 bits per heavy atom. The van der Waals surface area contributed by atoms with Gasteiger partial charge in [-0.25, -0.2) is 0 Å². The molecule has 3 N–H and O–H groups in total. The summed E-state index contributed by atoms with van der Waals surface area (Å²) in [6.45, 7) is 1.52. The Morgan fingerprint density at radius 3 is 2.62 bits per heavy atom. The third-order valence-electron chi connectivity index (χ3n) is 3.67. The molecular formula is C16H10N4O4. The first-order valence-corrected chi connectivity index (χ1v) is 6.82. The zero-order chi connectivity index (χ0) is 17.4. The highest BCUT2D eigenvalue weighted by molar-refractivity contribution is 6.21. The van der Waals surface area contributed by atoms with Gasteiger partial charge in [-0.1, -0.05) is 0 Å². The Balaban J connectivity index is 2.03. The molecule has 1 aliphatic rings. The topological polar surface area (TPSA) is 135 Å². The maximum atomic E-state index is 11.6. The number of hydrogen-bond donors (Lipinski definition) is 3. The van der Waals surface area contributed by atoms with Crippen LogP contribution in [0.15, 0.2) is 28.0 Å². The Bertz CT molecular complexity index is 1030. The largest absolute Gasteiger partial charge is 0.494 e. The van der Waals surface area contributed by atoms with Crippen molar-refractivity contribution in [1.29, 1.82) is 5.26 Å². The summed E-state index contributed by atoms with van der Waals surface area (Å²) in [4.78, 5) is 41.0. The minimum atomic E-state index is -0.683. The second-order valence-electron chi connectivity index (χ2n) is 5.10. The van der Waals surface area contributed by atoms with Crippen LogP contribution < -0.4 is 10.9 Å². The fourth-order valence-electron chi connectivity index (χ4n) is 2.39. The highest BCUT2D eigenvalue weighted by Gasteiger charge is 2.26. The molecule has 0 aliphatic carbocycles. The first-order chi connectivity index (χ1) is 11.4. The van der Waals surface area contributed by atoms with Gasteiger partial charge in [-0.05, 0) is 30.7 Å². The number of nitriles is 1. The van der Waals surface area contributed by atoms with Crippen LogP contribution in [-0.2, 0) is 0 Å². The standard InChI is InChI=1S/C16H10N4O4/c1-7-11(5-17)15(23)20-16(24)12(7)6-18-8-2-3-9-10(4-8)14(22)19-13(9)21/h2-4,6H,1H3,(H,19,21,22)(H2,20,23,24). The van der Waals surface area contributed by atoms with E-state index < -0.39 is 23.3 Å². The van der Waals surface area contributed by atoms with E-state index in [2.05, 4.69) is 15.3 Å². The van der Waals surface area contributed by atoms with Gasteiger partial charge in [0.2, 0.25) is 5.88 Å². The number of H-pyrrole nitrogens is 1. The van der Waals surface area contributed by atoms with E-state index in [0.717, 1.165) is 0 Å². The molecule has 118 valence electrons. The number of carbonyl (C=O) groups is 2. The van der Waals surface area contributed by atoms with E-state index in [1.165, 1.54) is 31.3 Å². The predicted octanol–water partition coefficient (Wildman–Crippen LogP) is 0.895. The molecule has 0 fully saturated rings. The minimum Gasteiger partial charge on any atom is -0.494 e. The summed E-state index contributed by atoms with van der Waals surface area (Å²) < 4.78 is 0. The molecule has 0 unspecified atom stereocenters. The number of aromatic nitrogens is 1. The van der Waals surface area contributed by atoms with Gasteiger partial charge in [0, 0.05) is 6.21 Å². The lowest BCUT2D eigenvalue weighted by molar-refractivity contribution is 0.0879. The summed E-state index contributed by atoms with van der Waals surface area (Å²) in [6, 6.07) is 6.22. The van der Waals surface area contributed by atoms with E-state index in [1.54, 1.807) is 6.07 Å². The van der Waals surface area contributed by atoms with Crippen molar-refractivity contribution in [1.82, 2.24) is 10.3 Å². The monoisotopic (exact) mass is 322 g/mol. The normalized spacial score (nSPS) is 13.0. The van der Waals surface area contributed by atoms with Crippen molar-refractivity contribution in [2.45, 2.75) is 6.92 Å². The summed E-state index contributed by atoms with van der Waals surface area (Å²) in [7, 11) is 0. The number of rotatable bonds is 2. The van der Waals surface area contributed by atoms with Gasteiger partial charge in [-0.2, -0.15) is 5.26 Å². The highest BCUT2D eigenvalue weighted by atomic mass is 16.3. The molecule has 0 radical (unpaired) electrons. The van der Waals surface area contributed by atoms with Crippen LogP contribution in [0.5, 0.6) is 5.88 Å². The SMILES string of the molecule is Cc1c(C=Nc2ccc3c(c2)C(=O)NC3=O)c(O)[nH]c(=O)c1C#N. The molecular weight excluding hydrogens is 312 g/mol. The van der Waals surface area contributed by atoms with Crippen LogP contribution in [0.3, 0.4) is 0 Å². The number of aromatic hydroxyl groups is 1. The Kier molecular flexibility index (Phi) is 3.46. The van der Waals surface area contributed by atoms with Gasteiger partial charge in [0.25, 0.3) is 17.4 Å². The number of aromatic amines is 1. The van der Waals surface area contributed by atoms with Gasteiger partial charge in [0.1, 0.15) is 11.6 Å². The molecule has 2 aromatic rings. The van der Waals surface area contributed by atoms with Gasteiger partial charge in [-0.3, -0.25) is 29.7 Å². The summed E-state index contributed by atoms with van der Waals surface area (Å²) in [5, 5.41) is 21.0. The maximum Gasteiger partial charge on any atom is 0.268 e. The number of pyridine rings is 1. The lowest BCUT2D eigenvalue weighted by Crippen LogP contribution is -2.19. The van der Waals surface area contributed by atoms with Gasteiger partial charge in [0.15, 0.2) is 0 Å². The molecule has 0 bridgehead atoms. The number of amides is 2. The van der Waals surface area contributed by atoms with E-state index in [4.69, 9.17) is 5.26 Å². The summed E-state index contributed by atoms with van der Waals surface area (Å²) >= 11 is 0. The first-order valence-electron chi connectivity index (χ1n) is 6.82. The van der Waals surface area contributed by atoms with Crippen molar-refractivity contribution in [3.05, 3.63) is 56.4 Å². The van der Waals surface area contributed by atoms with E-state index in [0.29, 0.717) is 5.69 Å². The Morgan fingerprint density at radius 2 is 1.92 bits per heavy atom. The number of nitrogens with zero attached hydrogens (tertiary/aromatic N) is 2. The maximum absolute atomic E-state index is 11.6. The van der Waals surface area contributed by atoms with E-state index >= 15 is 0 Å². The smallest absolute Gasteiger partial charge is 0.268 e. The molecule has 24 heavy (non-hydrogen) atoms. The van der Waals surface area contributed by atoms with Crippen molar-refractivity contribution in [2.24, 2.45) is 4.99 Å². The molecule has 0 saturated heterocycles. The number of aliphatic imine (C=N–C) groups is 1. The number of carbonyl (C=O) groups excluding carboxylic acids is 2. The van der Waals surface area contributed by atoms with Gasteiger partial charge < -0.3 is 5.11 Å². The van der Waals surface area contributed by atoms with Crippen molar-refractivity contribution >= 4 is 23.7 Å². The van der Waals surface area contributed by atoms with Gasteiger partial charge in [-0.15, -0.1) is 0 Å². The quantitative estimate of drug-likeness (QED) is 0.557. The number of imide groups is 1. The van der Waals surface area contributed by atoms with Crippen molar-refractivity contribution < 1.29 is 14.7 Å². The average molecular weight is 322 g/mol. The van der Waals surface area contributed by atoms with E-state index in [9.17, 15) is 19.5 Å². The number of fused-ring (bicyclic) bond motifs is 1. The zero-order valence-corrected chi connectivity index (χ0v) is 12.4. The van der Waals surface area contributed by atoms with E-state index in [1.807, 2.05) is 0 Å². The molecule has 8 nitrogen and oxygen atoms in total. The molecule has 0 atom stereocenters. The summed E-state index contributed by atoms with van der Waals surface area (Å²) in [5.74, 6) is -1.37. The van der Waals surface area contributed by atoms with Crippen LogP contribution >= 0.6 is 0 Å². The first kappa shape index (κ1) is 15.2. The van der Waals surface area contributed by atoms with Crippen LogP contribution in [0.4, 0.5) is 5.69 Å². The Labute approximate surface area is 135 Å². The van der Waals surface area contributed by atoms with Crippen LogP contribution in [0.2, 0.25) is 0 Å².